The number of nitrogens with zero attached hydrogens (tertiary/aromatic N) is 1. The van der Waals surface area contributed by atoms with Crippen LogP contribution in [0.4, 0.5) is 0 Å². The third-order valence-corrected chi connectivity index (χ3v) is 3.66. The van der Waals surface area contributed by atoms with E-state index in [0.717, 1.165) is 16.7 Å². The molecule has 0 spiro atoms. The Morgan fingerprint density at radius 2 is 1.96 bits per heavy atom. The first-order valence-corrected chi connectivity index (χ1v) is 7.35. The van der Waals surface area contributed by atoms with Crippen LogP contribution < -0.4 is 20.9 Å². The number of hydrogen-bond donors (Lipinski definition) is 2. The average molecular weight is 323 g/mol. The molecule has 24 heavy (non-hydrogen) atoms. The van der Waals surface area contributed by atoms with Crippen molar-refractivity contribution in [1.29, 1.82) is 0 Å². The maximum atomic E-state index is 12.3. The van der Waals surface area contributed by atoms with Crippen molar-refractivity contribution < 1.29 is 14.3 Å². The van der Waals surface area contributed by atoms with Crippen LogP contribution in [0, 0.1) is 0 Å². The zero-order valence-electron chi connectivity index (χ0n) is 13.2. The molecule has 0 aliphatic carbocycles. The van der Waals surface area contributed by atoms with E-state index in [-0.39, 0.29) is 11.5 Å². The molecular weight excluding hydrogens is 306 g/mol. The average Bonchev–Trinajstić information content (AvgIpc) is 2.60. The number of carbonyl (C=O) groups is 1. The van der Waals surface area contributed by atoms with E-state index in [1.807, 2.05) is 36.4 Å². The first-order valence-electron chi connectivity index (χ1n) is 7.35. The van der Waals surface area contributed by atoms with Crippen molar-refractivity contribution in [3.63, 3.8) is 0 Å². The van der Waals surface area contributed by atoms with Gasteiger partial charge < -0.3 is 20.9 Å². The molecule has 2 aromatic carbocycles. The van der Waals surface area contributed by atoms with Crippen LogP contribution in [0.2, 0.25) is 0 Å². The number of ether oxygens (including phenoxy) is 2. The highest BCUT2D eigenvalue weighted by atomic mass is 16.5. The zero-order chi connectivity index (χ0) is 17.1. The van der Waals surface area contributed by atoms with E-state index in [4.69, 9.17) is 20.9 Å². The minimum Gasteiger partial charge on any atom is -0.496 e. The van der Waals surface area contributed by atoms with Crippen molar-refractivity contribution in [2.45, 2.75) is 0 Å². The molecule has 3 rings (SSSR count). The molecule has 6 nitrogen and oxygen atoms in total. The Bertz CT molecular complexity index is 838. The summed E-state index contributed by atoms with van der Waals surface area (Å²) in [6.45, 7) is 0.446. The third kappa shape index (κ3) is 2.94. The molecule has 6 heteroatoms. The molecule has 0 saturated heterocycles. The maximum absolute atomic E-state index is 12.3. The molecule has 1 aliphatic rings. The molecule has 0 atom stereocenters. The quantitative estimate of drug-likeness (QED) is 0.664. The fraction of sp³-hybridized carbons (Fsp3) is 0.111. The Morgan fingerprint density at radius 3 is 2.62 bits per heavy atom. The fourth-order valence-electron chi connectivity index (χ4n) is 2.62. The second-order valence-corrected chi connectivity index (χ2v) is 5.19. The standard InChI is InChI=1S/C18H17N3O3/c1-23-15-10-16-13(9-14(15)17(22)21-18(19)20)12(7-8-24-16)11-5-3-2-4-6-11/h2-7,9-10H,8H2,1H3,(H4,19,20,21,22). The van der Waals surface area contributed by atoms with Crippen molar-refractivity contribution in [1.82, 2.24) is 0 Å². The minimum atomic E-state index is -0.562. The van der Waals surface area contributed by atoms with Crippen LogP contribution in [0.15, 0.2) is 53.5 Å². The summed E-state index contributed by atoms with van der Waals surface area (Å²) >= 11 is 0. The fourth-order valence-corrected chi connectivity index (χ4v) is 2.62. The van der Waals surface area contributed by atoms with Gasteiger partial charge in [0.05, 0.1) is 12.7 Å². The van der Waals surface area contributed by atoms with Gasteiger partial charge in [0.1, 0.15) is 18.1 Å². The first-order chi connectivity index (χ1) is 11.6. The predicted molar refractivity (Wildman–Crippen MR) is 92.2 cm³/mol. The van der Waals surface area contributed by atoms with Crippen molar-refractivity contribution >= 4 is 17.4 Å². The molecule has 0 bridgehead atoms. The summed E-state index contributed by atoms with van der Waals surface area (Å²) in [5, 5.41) is 0. The molecule has 2 aromatic rings. The molecule has 1 amide bonds. The lowest BCUT2D eigenvalue weighted by Crippen LogP contribution is -2.24. The van der Waals surface area contributed by atoms with Gasteiger partial charge in [-0.05, 0) is 23.3 Å². The van der Waals surface area contributed by atoms with E-state index in [1.165, 1.54) is 7.11 Å². The Morgan fingerprint density at radius 1 is 1.21 bits per heavy atom. The zero-order valence-corrected chi connectivity index (χ0v) is 13.2. The number of carbonyl (C=O) groups excluding carboxylic acids is 1. The molecule has 122 valence electrons. The summed E-state index contributed by atoms with van der Waals surface area (Å²) in [7, 11) is 1.48. The Hall–Kier alpha value is -3.28. The number of methoxy groups -OCH3 is 1. The first kappa shape index (κ1) is 15.6. The lowest BCUT2D eigenvalue weighted by atomic mass is 9.93. The number of guanidine groups is 1. The molecule has 1 aliphatic heterocycles. The van der Waals surface area contributed by atoms with Gasteiger partial charge in [0.25, 0.3) is 5.91 Å². The molecule has 0 saturated carbocycles. The van der Waals surface area contributed by atoms with Crippen LogP contribution in [0.25, 0.3) is 5.57 Å². The molecule has 0 fully saturated rings. The number of amides is 1. The Balaban J connectivity index is 2.14. The van der Waals surface area contributed by atoms with E-state index in [0.29, 0.717) is 18.1 Å². The monoisotopic (exact) mass is 323 g/mol. The summed E-state index contributed by atoms with van der Waals surface area (Å²) in [4.78, 5) is 15.9. The van der Waals surface area contributed by atoms with E-state index in [2.05, 4.69) is 4.99 Å². The van der Waals surface area contributed by atoms with Gasteiger partial charge >= 0.3 is 0 Å². The van der Waals surface area contributed by atoms with Gasteiger partial charge in [-0.2, -0.15) is 4.99 Å². The summed E-state index contributed by atoms with van der Waals surface area (Å²) in [6, 6.07) is 13.2. The number of benzene rings is 2. The molecular formula is C18H17N3O3. The molecule has 0 radical (unpaired) electrons. The molecule has 0 unspecified atom stereocenters. The van der Waals surface area contributed by atoms with Crippen LogP contribution in [0.5, 0.6) is 11.5 Å². The normalized spacial score (nSPS) is 12.5. The summed E-state index contributed by atoms with van der Waals surface area (Å²) in [5.74, 6) is 0.148. The minimum absolute atomic E-state index is 0.275. The van der Waals surface area contributed by atoms with Gasteiger partial charge in [0.2, 0.25) is 0 Å². The SMILES string of the molecule is COc1cc2c(cc1C(=O)N=C(N)N)C(c1ccccc1)=CCO2. The number of rotatable bonds is 3. The smallest absolute Gasteiger partial charge is 0.283 e. The highest BCUT2D eigenvalue weighted by Gasteiger charge is 2.22. The number of fused-ring (bicyclic) bond motifs is 1. The third-order valence-electron chi connectivity index (χ3n) is 3.66. The van der Waals surface area contributed by atoms with Gasteiger partial charge in [-0.1, -0.05) is 30.3 Å². The largest absolute Gasteiger partial charge is 0.496 e. The highest BCUT2D eigenvalue weighted by molar-refractivity contribution is 6.05. The maximum Gasteiger partial charge on any atom is 0.283 e. The molecule has 0 aromatic heterocycles. The van der Waals surface area contributed by atoms with Crippen LogP contribution in [-0.4, -0.2) is 25.6 Å². The predicted octanol–water partition coefficient (Wildman–Crippen LogP) is 1.93. The van der Waals surface area contributed by atoms with Crippen LogP contribution in [0.1, 0.15) is 21.5 Å². The summed E-state index contributed by atoms with van der Waals surface area (Å²) in [6.07, 6.45) is 1.97. The van der Waals surface area contributed by atoms with E-state index >= 15 is 0 Å². The van der Waals surface area contributed by atoms with Crippen molar-refractivity contribution in [3.05, 3.63) is 65.2 Å². The van der Waals surface area contributed by atoms with Crippen molar-refractivity contribution in [2.24, 2.45) is 16.5 Å². The Kier molecular flexibility index (Phi) is 4.20. The molecule has 1 heterocycles. The second-order valence-electron chi connectivity index (χ2n) is 5.19. The lowest BCUT2D eigenvalue weighted by molar-refractivity contribution is 0.0999. The van der Waals surface area contributed by atoms with Gasteiger partial charge in [-0.3, -0.25) is 4.79 Å². The van der Waals surface area contributed by atoms with Crippen LogP contribution >= 0.6 is 0 Å². The van der Waals surface area contributed by atoms with Crippen molar-refractivity contribution in [2.75, 3.05) is 13.7 Å². The van der Waals surface area contributed by atoms with Gasteiger partial charge in [0, 0.05) is 11.6 Å². The van der Waals surface area contributed by atoms with Crippen molar-refractivity contribution in [3.8, 4) is 11.5 Å². The van der Waals surface area contributed by atoms with Gasteiger partial charge in [0.15, 0.2) is 5.96 Å². The number of aliphatic imine (C=N–C) groups is 1. The van der Waals surface area contributed by atoms with E-state index < -0.39 is 5.91 Å². The number of hydrogen-bond acceptors (Lipinski definition) is 3. The van der Waals surface area contributed by atoms with Crippen LogP contribution in [-0.2, 0) is 0 Å². The topological polar surface area (TPSA) is 99.9 Å². The van der Waals surface area contributed by atoms with Gasteiger partial charge in [-0.15, -0.1) is 0 Å². The van der Waals surface area contributed by atoms with Crippen LogP contribution in [0.3, 0.4) is 0 Å². The molecule has 4 N–H and O–H groups in total. The number of nitrogens with two attached hydrogens (primary N) is 2. The Labute approximate surface area is 139 Å². The lowest BCUT2D eigenvalue weighted by Gasteiger charge is -2.21. The highest BCUT2D eigenvalue weighted by Crippen LogP contribution is 2.38. The second kappa shape index (κ2) is 6.45. The summed E-state index contributed by atoms with van der Waals surface area (Å²) in [5.41, 5.74) is 13.7. The van der Waals surface area contributed by atoms with Gasteiger partial charge in [-0.25, -0.2) is 0 Å². The van der Waals surface area contributed by atoms with E-state index in [1.54, 1.807) is 12.1 Å². The van der Waals surface area contributed by atoms with E-state index in [9.17, 15) is 4.79 Å². The summed E-state index contributed by atoms with van der Waals surface area (Å²) < 4.78 is 11.0.